The third-order valence-electron chi connectivity index (χ3n) is 7.65. The second kappa shape index (κ2) is 11.5. The zero-order valence-corrected chi connectivity index (χ0v) is 23.1. The number of ether oxygens (including phenoxy) is 2. The Morgan fingerprint density at radius 3 is 2.33 bits per heavy atom. The van der Waals surface area contributed by atoms with Gasteiger partial charge in [0.25, 0.3) is 0 Å². The van der Waals surface area contributed by atoms with Crippen LogP contribution in [0.4, 0.5) is 4.39 Å². The van der Waals surface area contributed by atoms with E-state index in [0.717, 1.165) is 5.39 Å². The fraction of sp³-hybridized carbons (Fsp3) is 0.370. The summed E-state index contributed by atoms with van der Waals surface area (Å²) in [5.41, 5.74) is 1.79. The van der Waals surface area contributed by atoms with Crippen molar-refractivity contribution in [3.8, 4) is 5.69 Å². The number of nitrogens with one attached hydrogen (secondary N) is 1. The average molecular weight is 581 g/mol. The van der Waals surface area contributed by atoms with Crippen LogP contribution in [0, 0.1) is 5.82 Å². The maximum absolute atomic E-state index is 14.7. The van der Waals surface area contributed by atoms with E-state index < -0.39 is 48.5 Å². The van der Waals surface area contributed by atoms with E-state index in [9.17, 15) is 34.4 Å². The first-order valence-electron chi connectivity index (χ1n) is 13.3. The summed E-state index contributed by atoms with van der Waals surface area (Å²) in [6.45, 7) is 3.79. The molecule has 8 radical (unpaired) electrons. The molecular formula is C27H24B4FN3O8. The maximum atomic E-state index is 14.7. The van der Waals surface area contributed by atoms with Gasteiger partial charge in [-0.1, -0.05) is 35.7 Å². The third-order valence-corrected chi connectivity index (χ3v) is 7.65. The second-order valence-electron chi connectivity index (χ2n) is 10.7. The first kappa shape index (κ1) is 30.9. The molecule has 5 rings (SSSR count). The number of rotatable bonds is 7. The molecule has 0 spiro atoms. The van der Waals surface area contributed by atoms with Crippen molar-refractivity contribution in [1.29, 1.82) is 0 Å². The first-order valence-corrected chi connectivity index (χ1v) is 13.3. The van der Waals surface area contributed by atoms with Gasteiger partial charge in [0.2, 0.25) is 6.29 Å². The summed E-state index contributed by atoms with van der Waals surface area (Å²) >= 11 is 0. The first-order chi connectivity index (χ1) is 20.2. The van der Waals surface area contributed by atoms with Crippen LogP contribution in [0.5, 0.6) is 0 Å². The Kier molecular flexibility index (Phi) is 8.25. The molecule has 2 aromatic heterocycles. The Morgan fingerprint density at radius 2 is 1.72 bits per heavy atom. The van der Waals surface area contributed by atoms with Crippen LogP contribution >= 0.6 is 0 Å². The molecule has 1 fully saturated rings. The molecule has 16 heteroatoms. The fourth-order valence-corrected chi connectivity index (χ4v) is 5.51. The lowest BCUT2D eigenvalue weighted by atomic mass is 9.68. The predicted octanol–water partition coefficient (Wildman–Crippen LogP) is -2.69. The molecule has 0 saturated carbocycles. The highest BCUT2D eigenvalue weighted by Gasteiger charge is 2.48. The highest BCUT2D eigenvalue weighted by molar-refractivity contribution is 6.58. The van der Waals surface area contributed by atoms with Crippen molar-refractivity contribution in [3.05, 3.63) is 35.4 Å². The van der Waals surface area contributed by atoms with Crippen molar-refractivity contribution in [2.24, 2.45) is 0 Å². The number of nitrogens with zero attached hydrogens (tertiary/aromatic N) is 2. The number of carbonyl (C=O) groups excluding carboxylic acids is 1. The number of aliphatic hydroxyl groups excluding tert-OH is 3. The number of aliphatic hydroxyl groups is 3. The second-order valence-corrected chi connectivity index (χ2v) is 10.7. The van der Waals surface area contributed by atoms with Gasteiger partial charge in [0.05, 0.1) is 17.2 Å². The molecule has 2 aromatic carbocycles. The van der Waals surface area contributed by atoms with Gasteiger partial charge in [-0.3, -0.25) is 9.89 Å². The van der Waals surface area contributed by atoms with Gasteiger partial charge in [0.1, 0.15) is 55.5 Å². The molecule has 5 N–H and O–H groups in total. The van der Waals surface area contributed by atoms with Crippen LogP contribution in [-0.2, 0) is 25.5 Å². The summed E-state index contributed by atoms with van der Waals surface area (Å²) in [6, 6.07) is 3.65. The fourth-order valence-electron chi connectivity index (χ4n) is 5.51. The molecule has 214 valence electrons. The monoisotopic (exact) mass is 581 g/mol. The van der Waals surface area contributed by atoms with E-state index in [4.69, 9.17) is 40.9 Å². The van der Waals surface area contributed by atoms with Crippen LogP contribution < -0.4 is 21.9 Å². The Morgan fingerprint density at radius 1 is 1.07 bits per heavy atom. The van der Waals surface area contributed by atoms with Gasteiger partial charge in [0.15, 0.2) is 6.10 Å². The number of aliphatic carboxylic acids is 1. The minimum Gasteiger partial charge on any atom is -0.479 e. The van der Waals surface area contributed by atoms with Crippen molar-refractivity contribution < 1.29 is 43.9 Å². The number of carboxylic acids is 1. The van der Waals surface area contributed by atoms with Crippen LogP contribution in [0.1, 0.15) is 37.4 Å². The van der Waals surface area contributed by atoms with Gasteiger partial charge in [-0.2, -0.15) is 5.10 Å². The SMILES string of the molecule is [B]c1c([B])c(-n2c(C(C)C)c(CCC(=O)O[C@@H]3O[C@H](C(=O)O)[C@@H](O)[C@H](O)[C@H]3O)c3cc4[nH]ncc4cc32)c([B])c([B])c1F. The number of aromatic nitrogens is 3. The van der Waals surface area contributed by atoms with Crippen molar-refractivity contribution in [1.82, 2.24) is 14.8 Å². The highest BCUT2D eigenvalue weighted by atomic mass is 19.1. The third kappa shape index (κ3) is 5.16. The number of aryl methyl sites for hydroxylation is 1. The van der Waals surface area contributed by atoms with Gasteiger partial charge in [0, 0.05) is 28.6 Å². The number of aromatic amines is 1. The number of hydrogen-bond acceptors (Lipinski definition) is 8. The standard InChI is InChI=1S/C27H24B4FN3O8/c1-8(2)20-10(3-4-14(36)42-27-24(39)22(37)23(38)25(43-27)26(40)41)11-6-12-9(7-33-34-12)5-13(11)35(20)21-17(30)15(28)19(32)16(29)18(21)31/h5-8,22-25,27,37-39H,3-4H2,1-2H3,(H,33,34)(H,40,41)/t22-,23-,24+,25-,27+/m0/s1. The van der Waals surface area contributed by atoms with E-state index in [1.165, 1.54) is 0 Å². The Bertz CT molecular complexity index is 1730. The molecule has 0 bridgehead atoms. The molecule has 0 aliphatic carbocycles. The van der Waals surface area contributed by atoms with E-state index in [0.29, 0.717) is 27.7 Å². The molecule has 1 aliphatic heterocycles. The van der Waals surface area contributed by atoms with Crippen LogP contribution in [0.3, 0.4) is 0 Å². The van der Waals surface area contributed by atoms with E-state index in [2.05, 4.69) is 10.2 Å². The van der Waals surface area contributed by atoms with E-state index in [-0.39, 0.29) is 46.3 Å². The van der Waals surface area contributed by atoms with Crippen molar-refractivity contribution in [2.45, 2.75) is 63.3 Å². The lowest BCUT2D eigenvalue weighted by Gasteiger charge is -2.37. The molecule has 3 heterocycles. The van der Waals surface area contributed by atoms with Crippen LogP contribution in [0.25, 0.3) is 27.5 Å². The largest absolute Gasteiger partial charge is 0.479 e. The number of carboxylic acid groups (broad SMARTS) is 1. The van der Waals surface area contributed by atoms with Crippen LogP contribution in [-0.4, -0.2) is 109 Å². The normalized spacial score (nSPS) is 22.4. The highest BCUT2D eigenvalue weighted by Crippen LogP contribution is 2.36. The molecule has 11 nitrogen and oxygen atoms in total. The quantitative estimate of drug-likeness (QED) is 0.116. The molecule has 0 amide bonds. The summed E-state index contributed by atoms with van der Waals surface area (Å²) in [6.07, 6.45) is -8.12. The zero-order chi connectivity index (χ0) is 31.5. The number of esters is 1. The number of H-pyrrole nitrogens is 1. The number of halogens is 1. The summed E-state index contributed by atoms with van der Waals surface area (Å²) in [5, 5.41) is 47.8. The topological polar surface area (TPSA) is 167 Å². The minimum atomic E-state index is -1.93. The van der Waals surface area contributed by atoms with E-state index in [1.54, 1.807) is 10.8 Å². The molecule has 4 aromatic rings. The maximum Gasteiger partial charge on any atom is 0.335 e. The Hall–Kier alpha value is -3.58. The minimum absolute atomic E-state index is 0.0673. The molecule has 43 heavy (non-hydrogen) atoms. The van der Waals surface area contributed by atoms with E-state index >= 15 is 0 Å². The number of fused-ring (bicyclic) bond motifs is 2. The molecule has 0 unspecified atom stereocenters. The number of carbonyl (C=O) groups is 2. The van der Waals surface area contributed by atoms with Crippen molar-refractivity contribution in [2.75, 3.05) is 0 Å². The summed E-state index contributed by atoms with van der Waals surface area (Å²) in [4.78, 5) is 24.4. The Labute approximate surface area is 250 Å². The van der Waals surface area contributed by atoms with Gasteiger partial charge in [-0.15, -0.1) is 0 Å². The predicted molar refractivity (Wildman–Crippen MR) is 157 cm³/mol. The summed E-state index contributed by atoms with van der Waals surface area (Å²) < 4.78 is 26.6. The van der Waals surface area contributed by atoms with Gasteiger partial charge in [-0.05, 0) is 30.0 Å². The lowest BCUT2D eigenvalue weighted by Crippen LogP contribution is -2.60. The average Bonchev–Trinajstić information content (AvgIpc) is 3.54. The summed E-state index contributed by atoms with van der Waals surface area (Å²) in [5.74, 6) is -3.64. The Balaban J connectivity index is 1.58. The molecule has 1 aliphatic rings. The van der Waals surface area contributed by atoms with Crippen molar-refractivity contribution in [3.63, 3.8) is 0 Å². The van der Waals surface area contributed by atoms with Crippen LogP contribution in [0.2, 0.25) is 0 Å². The van der Waals surface area contributed by atoms with Gasteiger partial charge >= 0.3 is 11.9 Å². The molecule has 5 atom stereocenters. The number of hydrogen-bond donors (Lipinski definition) is 5. The summed E-state index contributed by atoms with van der Waals surface area (Å²) in [7, 11) is 24.5. The number of benzene rings is 2. The zero-order valence-electron chi connectivity index (χ0n) is 23.1. The molecule has 1 saturated heterocycles. The van der Waals surface area contributed by atoms with Crippen LogP contribution in [0.15, 0.2) is 18.3 Å². The smallest absolute Gasteiger partial charge is 0.335 e. The molecular weight excluding hydrogens is 557 g/mol. The van der Waals surface area contributed by atoms with E-state index in [1.807, 2.05) is 26.0 Å². The van der Waals surface area contributed by atoms with Gasteiger partial charge < -0.3 is 34.5 Å². The van der Waals surface area contributed by atoms with Gasteiger partial charge in [-0.25, -0.2) is 9.18 Å². The van der Waals surface area contributed by atoms with Crippen molar-refractivity contribution >= 4 is 87.0 Å². The lowest BCUT2D eigenvalue weighted by molar-refractivity contribution is -0.286.